The van der Waals surface area contributed by atoms with Gasteiger partial charge in [0, 0.05) is 5.56 Å². The van der Waals surface area contributed by atoms with Crippen LogP contribution in [0.15, 0.2) is 34.7 Å². The van der Waals surface area contributed by atoms with Gasteiger partial charge in [0.1, 0.15) is 23.9 Å². The van der Waals surface area contributed by atoms with E-state index in [1.54, 1.807) is 20.0 Å². The molecule has 0 radical (unpaired) electrons. The van der Waals surface area contributed by atoms with Crippen LogP contribution < -0.4 is 10.1 Å². The van der Waals surface area contributed by atoms with Crippen molar-refractivity contribution in [3.8, 4) is 5.75 Å². The first-order chi connectivity index (χ1) is 9.91. The molecule has 1 aromatic heterocycles. The molecule has 0 saturated heterocycles. The summed E-state index contributed by atoms with van der Waals surface area (Å²) in [5.74, 6) is 1.18. The minimum absolute atomic E-state index is 0.0339. The van der Waals surface area contributed by atoms with E-state index in [2.05, 4.69) is 5.32 Å². The van der Waals surface area contributed by atoms with Crippen LogP contribution in [0, 0.1) is 6.92 Å². The standard InChI is InChI=1S/C15H16F3NO2/c1-10-11(7-12(21-10)8-19-2)9-20-14-6-4-3-5-13(14)15(16,17)18/h3-7,19H,8-9H2,1-2H3. The van der Waals surface area contributed by atoms with Gasteiger partial charge < -0.3 is 14.5 Å². The number of furan rings is 1. The third kappa shape index (κ3) is 3.78. The van der Waals surface area contributed by atoms with E-state index in [0.29, 0.717) is 12.3 Å². The predicted molar refractivity (Wildman–Crippen MR) is 72.0 cm³/mol. The van der Waals surface area contributed by atoms with E-state index in [4.69, 9.17) is 9.15 Å². The van der Waals surface area contributed by atoms with E-state index in [9.17, 15) is 13.2 Å². The summed E-state index contributed by atoms with van der Waals surface area (Å²) in [5.41, 5.74) is -0.0428. The van der Waals surface area contributed by atoms with Crippen LogP contribution >= 0.6 is 0 Å². The molecule has 2 aromatic rings. The number of alkyl halides is 3. The highest BCUT2D eigenvalue weighted by atomic mass is 19.4. The summed E-state index contributed by atoms with van der Waals surface area (Å²) in [4.78, 5) is 0. The first kappa shape index (κ1) is 15.4. The molecule has 21 heavy (non-hydrogen) atoms. The first-order valence-electron chi connectivity index (χ1n) is 6.43. The van der Waals surface area contributed by atoms with Crippen LogP contribution in [-0.2, 0) is 19.3 Å². The van der Waals surface area contributed by atoms with E-state index in [1.165, 1.54) is 18.2 Å². The Bertz CT molecular complexity index is 605. The Balaban J connectivity index is 2.14. The van der Waals surface area contributed by atoms with Crippen LogP contribution in [0.5, 0.6) is 5.75 Å². The number of benzene rings is 1. The second kappa shape index (κ2) is 6.22. The van der Waals surface area contributed by atoms with Gasteiger partial charge in [0.2, 0.25) is 0 Å². The number of rotatable bonds is 5. The summed E-state index contributed by atoms with van der Waals surface area (Å²) in [5, 5.41) is 2.94. The van der Waals surface area contributed by atoms with Crippen LogP contribution in [-0.4, -0.2) is 7.05 Å². The summed E-state index contributed by atoms with van der Waals surface area (Å²) in [6.07, 6.45) is -4.43. The van der Waals surface area contributed by atoms with Gasteiger partial charge in [-0.2, -0.15) is 13.2 Å². The summed E-state index contributed by atoms with van der Waals surface area (Å²) >= 11 is 0. The smallest absolute Gasteiger partial charge is 0.419 e. The topological polar surface area (TPSA) is 34.4 Å². The summed E-state index contributed by atoms with van der Waals surface area (Å²) < 4.78 is 49.4. The zero-order valence-electron chi connectivity index (χ0n) is 11.8. The van der Waals surface area contributed by atoms with Gasteiger partial charge >= 0.3 is 6.18 Å². The van der Waals surface area contributed by atoms with Crippen molar-refractivity contribution in [1.82, 2.24) is 5.32 Å². The van der Waals surface area contributed by atoms with Crippen molar-refractivity contribution >= 4 is 0 Å². The predicted octanol–water partition coefficient (Wildman–Crippen LogP) is 3.91. The van der Waals surface area contributed by atoms with Crippen molar-refractivity contribution in [3.63, 3.8) is 0 Å². The maximum absolute atomic E-state index is 12.9. The highest BCUT2D eigenvalue weighted by molar-refractivity contribution is 5.36. The molecule has 0 saturated carbocycles. The second-order valence-corrected chi connectivity index (χ2v) is 4.61. The van der Waals surface area contributed by atoms with Crippen LogP contribution in [0.1, 0.15) is 22.6 Å². The van der Waals surface area contributed by atoms with E-state index >= 15 is 0 Å². The molecule has 6 heteroatoms. The van der Waals surface area contributed by atoms with Crippen molar-refractivity contribution in [2.75, 3.05) is 7.05 Å². The SMILES string of the molecule is CNCc1cc(COc2ccccc2C(F)(F)F)c(C)o1. The third-order valence-corrected chi connectivity index (χ3v) is 3.00. The zero-order chi connectivity index (χ0) is 15.5. The summed E-state index contributed by atoms with van der Waals surface area (Å²) in [6, 6.07) is 6.95. The first-order valence-corrected chi connectivity index (χ1v) is 6.43. The molecule has 2 rings (SSSR count). The lowest BCUT2D eigenvalue weighted by Crippen LogP contribution is -2.08. The molecule has 1 aromatic carbocycles. The van der Waals surface area contributed by atoms with Gasteiger partial charge in [-0.05, 0) is 32.2 Å². The lowest BCUT2D eigenvalue weighted by molar-refractivity contribution is -0.139. The molecule has 3 nitrogen and oxygen atoms in total. The lowest BCUT2D eigenvalue weighted by Gasteiger charge is -2.13. The fourth-order valence-electron chi connectivity index (χ4n) is 1.97. The monoisotopic (exact) mass is 299 g/mol. The highest BCUT2D eigenvalue weighted by Crippen LogP contribution is 2.36. The molecule has 114 valence electrons. The molecule has 1 N–H and O–H groups in total. The van der Waals surface area contributed by atoms with Gasteiger partial charge in [0.15, 0.2) is 0 Å². The number of hydrogen-bond acceptors (Lipinski definition) is 3. The molecule has 0 aliphatic rings. The molecule has 0 spiro atoms. The molecule has 0 aliphatic heterocycles. The van der Waals surface area contributed by atoms with Crippen LogP contribution in [0.25, 0.3) is 0 Å². The highest BCUT2D eigenvalue weighted by Gasteiger charge is 2.34. The fraction of sp³-hybridized carbons (Fsp3) is 0.333. The van der Waals surface area contributed by atoms with Crippen molar-refractivity contribution in [2.24, 2.45) is 0 Å². The van der Waals surface area contributed by atoms with Gasteiger partial charge in [-0.15, -0.1) is 0 Å². The normalized spacial score (nSPS) is 11.7. The fourth-order valence-corrected chi connectivity index (χ4v) is 1.97. The zero-order valence-corrected chi connectivity index (χ0v) is 11.8. The molecule has 0 unspecified atom stereocenters. The Morgan fingerprint density at radius 1 is 1.24 bits per heavy atom. The van der Waals surface area contributed by atoms with Gasteiger partial charge in [-0.25, -0.2) is 0 Å². The van der Waals surface area contributed by atoms with Crippen LogP contribution in [0.4, 0.5) is 13.2 Å². The molecule has 0 amide bonds. The van der Waals surface area contributed by atoms with E-state index in [-0.39, 0.29) is 12.4 Å². The number of aryl methyl sites for hydroxylation is 1. The molecule has 0 aliphatic carbocycles. The van der Waals surface area contributed by atoms with E-state index in [0.717, 1.165) is 17.4 Å². The quantitative estimate of drug-likeness (QED) is 0.909. The largest absolute Gasteiger partial charge is 0.488 e. The Hall–Kier alpha value is -1.95. The number of ether oxygens (including phenoxy) is 1. The molecule has 1 heterocycles. The maximum Gasteiger partial charge on any atom is 0.419 e. The van der Waals surface area contributed by atoms with Crippen LogP contribution in [0.3, 0.4) is 0 Å². The lowest BCUT2D eigenvalue weighted by atomic mass is 10.2. The molecule has 0 atom stereocenters. The van der Waals surface area contributed by atoms with E-state index in [1.807, 2.05) is 0 Å². The van der Waals surface area contributed by atoms with Crippen molar-refractivity contribution in [1.29, 1.82) is 0 Å². The molecular weight excluding hydrogens is 283 g/mol. The van der Waals surface area contributed by atoms with Gasteiger partial charge in [-0.3, -0.25) is 0 Å². The second-order valence-electron chi connectivity index (χ2n) is 4.61. The molecular formula is C15H16F3NO2. The van der Waals surface area contributed by atoms with Crippen molar-refractivity contribution in [2.45, 2.75) is 26.3 Å². The number of para-hydroxylation sites is 1. The Labute approximate surface area is 120 Å². The number of halogens is 3. The molecule has 0 bridgehead atoms. The average Bonchev–Trinajstić information content (AvgIpc) is 2.76. The average molecular weight is 299 g/mol. The van der Waals surface area contributed by atoms with Crippen LogP contribution in [0.2, 0.25) is 0 Å². The van der Waals surface area contributed by atoms with Gasteiger partial charge in [0.25, 0.3) is 0 Å². The van der Waals surface area contributed by atoms with Crippen molar-refractivity contribution < 1.29 is 22.3 Å². The van der Waals surface area contributed by atoms with Crippen molar-refractivity contribution in [3.05, 3.63) is 53.0 Å². The maximum atomic E-state index is 12.9. The van der Waals surface area contributed by atoms with E-state index < -0.39 is 11.7 Å². The van der Waals surface area contributed by atoms with Gasteiger partial charge in [-0.1, -0.05) is 12.1 Å². The summed E-state index contributed by atoms with van der Waals surface area (Å²) in [6.45, 7) is 2.35. The Kier molecular flexibility index (Phi) is 4.57. The summed E-state index contributed by atoms with van der Waals surface area (Å²) in [7, 11) is 1.79. The number of hydrogen-bond donors (Lipinski definition) is 1. The minimum Gasteiger partial charge on any atom is -0.488 e. The Morgan fingerprint density at radius 3 is 2.62 bits per heavy atom. The Morgan fingerprint density at radius 2 is 1.95 bits per heavy atom. The minimum atomic E-state index is -4.43. The number of nitrogens with one attached hydrogen (secondary N) is 1. The molecule has 0 fully saturated rings. The van der Waals surface area contributed by atoms with Gasteiger partial charge in [0.05, 0.1) is 12.1 Å². The third-order valence-electron chi connectivity index (χ3n) is 3.00.